The van der Waals surface area contributed by atoms with Crippen molar-refractivity contribution < 1.29 is 9.47 Å². The van der Waals surface area contributed by atoms with Gasteiger partial charge in [-0.1, -0.05) is 35.3 Å². The van der Waals surface area contributed by atoms with Crippen LogP contribution in [0.2, 0.25) is 10.0 Å². The first kappa shape index (κ1) is 19.1. The van der Waals surface area contributed by atoms with Crippen LogP contribution in [-0.2, 0) is 0 Å². The molecule has 1 aliphatic rings. The lowest BCUT2D eigenvalue weighted by molar-refractivity contribution is 0.395. The second-order valence-corrected chi connectivity index (χ2v) is 7.31. The summed E-state index contributed by atoms with van der Waals surface area (Å²) in [6.07, 6.45) is 2.84. The van der Waals surface area contributed by atoms with Gasteiger partial charge in [0.1, 0.15) is 11.5 Å². The average molecular weight is 419 g/mol. The molecule has 28 heavy (non-hydrogen) atoms. The Kier molecular flexibility index (Phi) is 5.44. The molecule has 0 amide bonds. The Morgan fingerprint density at radius 3 is 2.54 bits per heavy atom. The van der Waals surface area contributed by atoms with Gasteiger partial charge < -0.3 is 20.1 Å². The molecule has 1 atom stereocenters. The van der Waals surface area contributed by atoms with E-state index in [1.54, 1.807) is 26.5 Å². The van der Waals surface area contributed by atoms with E-state index in [0.717, 1.165) is 36.0 Å². The highest BCUT2D eigenvalue weighted by atomic mass is 35.5. The van der Waals surface area contributed by atoms with E-state index < -0.39 is 0 Å². The maximum absolute atomic E-state index is 6.60. The molecule has 146 valence electrons. The van der Waals surface area contributed by atoms with E-state index in [1.165, 1.54) is 0 Å². The zero-order valence-electron chi connectivity index (χ0n) is 15.6. The molecular weight excluding hydrogens is 399 g/mol. The van der Waals surface area contributed by atoms with Crippen molar-refractivity contribution in [3.05, 3.63) is 40.5 Å². The highest BCUT2D eigenvalue weighted by Gasteiger charge is 2.21. The normalized spacial score (nSPS) is 16.4. The van der Waals surface area contributed by atoms with Crippen LogP contribution in [0.15, 0.2) is 30.5 Å². The highest BCUT2D eigenvalue weighted by Crippen LogP contribution is 2.47. The van der Waals surface area contributed by atoms with Gasteiger partial charge in [-0.15, -0.1) is 0 Å². The molecule has 0 aliphatic carbocycles. The molecule has 2 aromatic carbocycles. The van der Waals surface area contributed by atoms with Crippen LogP contribution in [0.4, 0.5) is 5.95 Å². The van der Waals surface area contributed by atoms with Crippen molar-refractivity contribution in [3.8, 4) is 22.6 Å². The number of fused-ring (bicyclic) bond motifs is 1. The van der Waals surface area contributed by atoms with Gasteiger partial charge in [-0.05, 0) is 24.6 Å². The summed E-state index contributed by atoms with van der Waals surface area (Å²) in [5.41, 5.74) is 2.25. The van der Waals surface area contributed by atoms with Crippen molar-refractivity contribution in [3.63, 3.8) is 0 Å². The molecule has 8 heteroatoms. The monoisotopic (exact) mass is 418 g/mol. The number of rotatable bonds is 5. The quantitative estimate of drug-likeness (QED) is 0.639. The third kappa shape index (κ3) is 3.43. The maximum atomic E-state index is 6.60. The average Bonchev–Trinajstić information content (AvgIpc) is 3.21. The van der Waals surface area contributed by atoms with Gasteiger partial charge in [0.15, 0.2) is 0 Å². The third-order valence-electron chi connectivity index (χ3n) is 4.86. The molecule has 0 spiro atoms. The van der Waals surface area contributed by atoms with Gasteiger partial charge in [0, 0.05) is 35.8 Å². The van der Waals surface area contributed by atoms with E-state index >= 15 is 0 Å². The Balaban J connectivity index is 1.83. The van der Waals surface area contributed by atoms with Gasteiger partial charge in [0.2, 0.25) is 5.95 Å². The number of nitrogens with one attached hydrogen (secondary N) is 2. The maximum Gasteiger partial charge on any atom is 0.223 e. The van der Waals surface area contributed by atoms with Crippen LogP contribution < -0.4 is 20.1 Å². The number of aromatic nitrogens is 2. The van der Waals surface area contributed by atoms with Crippen LogP contribution in [0.1, 0.15) is 6.42 Å². The lowest BCUT2D eigenvalue weighted by Gasteiger charge is -2.16. The van der Waals surface area contributed by atoms with Crippen LogP contribution in [0.3, 0.4) is 0 Å². The number of benzene rings is 2. The van der Waals surface area contributed by atoms with Gasteiger partial charge in [-0.3, -0.25) is 0 Å². The van der Waals surface area contributed by atoms with E-state index in [-0.39, 0.29) is 0 Å². The molecule has 2 N–H and O–H groups in total. The molecule has 0 bridgehead atoms. The molecular formula is C20H20Cl2N4O2. The van der Waals surface area contributed by atoms with Crippen molar-refractivity contribution in [1.29, 1.82) is 0 Å². The summed E-state index contributed by atoms with van der Waals surface area (Å²) in [5.74, 6) is 1.59. The Morgan fingerprint density at radius 2 is 1.89 bits per heavy atom. The Hall–Kier alpha value is -2.28. The molecule has 0 radical (unpaired) electrons. The van der Waals surface area contributed by atoms with Gasteiger partial charge in [0.25, 0.3) is 0 Å². The summed E-state index contributed by atoms with van der Waals surface area (Å²) in [4.78, 5) is 9.17. The molecule has 4 rings (SSSR count). The van der Waals surface area contributed by atoms with Gasteiger partial charge >= 0.3 is 0 Å². The molecule has 2 heterocycles. The largest absolute Gasteiger partial charge is 0.495 e. The Bertz CT molecular complexity index is 994. The van der Waals surface area contributed by atoms with E-state index in [2.05, 4.69) is 20.6 Å². The fourth-order valence-electron chi connectivity index (χ4n) is 3.42. The zero-order valence-corrected chi connectivity index (χ0v) is 17.1. The van der Waals surface area contributed by atoms with Crippen LogP contribution in [-0.4, -0.2) is 43.3 Å². The van der Waals surface area contributed by atoms with Crippen LogP contribution in [0.25, 0.3) is 22.0 Å². The topological polar surface area (TPSA) is 68.3 Å². The zero-order chi connectivity index (χ0) is 19.7. The number of ether oxygens (including phenoxy) is 2. The summed E-state index contributed by atoms with van der Waals surface area (Å²) >= 11 is 13.2. The number of methoxy groups -OCH3 is 2. The van der Waals surface area contributed by atoms with Crippen LogP contribution in [0.5, 0.6) is 11.5 Å². The minimum absolute atomic E-state index is 0.340. The van der Waals surface area contributed by atoms with Crippen molar-refractivity contribution in [2.24, 2.45) is 0 Å². The molecule has 6 nitrogen and oxygen atoms in total. The molecule has 1 saturated heterocycles. The molecule has 1 fully saturated rings. The number of anilines is 1. The first-order valence-electron chi connectivity index (χ1n) is 8.95. The van der Waals surface area contributed by atoms with Crippen molar-refractivity contribution in [2.75, 3.05) is 32.6 Å². The number of hydrogen-bond donors (Lipinski definition) is 2. The minimum Gasteiger partial charge on any atom is -0.495 e. The first-order chi connectivity index (χ1) is 13.6. The molecule has 3 aromatic rings. The SMILES string of the molecule is COc1cc(OC)c(Cl)c(-c2cccc3nc(N[C@H]4CCNC4)ncc23)c1Cl. The van der Waals surface area contributed by atoms with E-state index in [9.17, 15) is 0 Å². The molecule has 1 aromatic heterocycles. The summed E-state index contributed by atoms with van der Waals surface area (Å²) in [7, 11) is 3.11. The predicted molar refractivity (Wildman–Crippen MR) is 113 cm³/mol. The third-order valence-corrected chi connectivity index (χ3v) is 5.61. The highest BCUT2D eigenvalue weighted by molar-refractivity contribution is 6.41. The van der Waals surface area contributed by atoms with Crippen LogP contribution >= 0.6 is 23.2 Å². The predicted octanol–water partition coefficient (Wildman–Crippen LogP) is 4.39. The van der Waals surface area contributed by atoms with Gasteiger partial charge in [-0.25, -0.2) is 9.97 Å². The van der Waals surface area contributed by atoms with Crippen LogP contribution in [0, 0.1) is 0 Å². The lowest BCUT2D eigenvalue weighted by atomic mass is 10.0. The standard InChI is InChI=1S/C20H20Cl2N4O2/c1-27-15-8-16(28-2)19(22)17(18(15)21)12-4-3-5-14-13(12)10-24-20(26-14)25-11-6-7-23-9-11/h3-5,8,10-11,23H,6-7,9H2,1-2H3,(H,24,25,26)/t11-/m0/s1. The lowest BCUT2D eigenvalue weighted by Crippen LogP contribution is -2.23. The van der Waals surface area contributed by atoms with Gasteiger partial charge in [-0.2, -0.15) is 0 Å². The summed E-state index contributed by atoms with van der Waals surface area (Å²) in [6, 6.07) is 7.81. The molecule has 0 saturated carbocycles. The summed E-state index contributed by atoms with van der Waals surface area (Å²) in [5, 5.41) is 8.38. The summed E-state index contributed by atoms with van der Waals surface area (Å²) < 4.78 is 10.8. The van der Waals surface area contributed by atoms with Gasteiger partial charge in [0.05, 0.1) is 29.8 Å². The smallest absolute Gasteiger partial charge is 0.223 e. The van der Waals surface area contributed by atoms with Crippen molar-refractivity contribution >= 4 is 40.1 Å². The van der Waals surface area contributed by atoms with Crippen molar-refractivity contribution in [1.82, 2.24) is 15.3 Å². The first-order valence-corrected chi connectivity index (χ1v) is 9.71. The fourth-order valence-corrected chi connectivity index (χ4v) is 4.13. The van der Waals surface area contributed by atoms with E-state index in [1.807, 2.05) is 18.2 Å². The van der Waals surface area contributed by atoms with Crippen molar-refractivity contribution in [2.45, 2.75) is 12.5 Å². The fraction of sp³-hybridized carbons (Fsp3) is 0.300. The number of hydrogen-bond acceptors (Lipinski definition) is 6. The Morgan fingerprint density at radius 1 is 1.14 bits per heavy atom. The number of nitrogens with zero attached hydrogens (tertiary/aromatic N) is 2. The Labute approximate surface area is 173 Å². The molecule has 0 unspecified atom stereocenters. The molecule has 1 aliphatic heterocycles. The second kappa shape index (κ2) is 7.99. The van der Waals surface area contributed by atoms with E-state index in [0.29, 0.717) is 39.1 Å². The van der Waals surface area contributed by atoms with E-state index in [4.69, 9.17) is 32.7 Å². The number of halogens is 2. The summed E-state index contributed by atoms with van der Waals surface area (Å²) in [6.45, 7) is 1.92. The minimum atomic E-state index is 0.340. The second-order valence-electron chi connectivity index (χ2n) is 6.55.